The molecule has 1 aliphatic carbocycles. The SMILES string of the molecule is O=[N+]([O-])c1c(N[C@H]2CCC[C@H](C(F)(F)F)C2)nc2ccccn12. The number of pyridine rings is 1. The molecule has 9 heteroatoms. The first-order chi connectivity index (χ1) is 10.9. The van der Waals surface area contributed by atoms with Gasteiger partial charge in [0.15, 0.2) is 0 Å². The lowest BCUT2D eigenvalue weighted by atomic mass is 9.85. The number of nitro groups is 1. The highest BCUT2D eigenvalue weighted by atomic mass is 19.4. The topological polar surface area (TPSA) is 72.5 Å². The summed E-state index contributed by atoms with van der Waals surface area (Å²) in [6.07, 6.45) is -1.74. The third-order valence-electron chi connectivity index (χ3n) is 4.16. The average Bonchev–Trinajstić information content (AvgIpc) is 2.84. The van der Waals surface area contributed by atoms with Gasteiger partial charge in [0.1, 0.15) is 0 Å². The molecule has 0 radical (unpaired) electrons. The van der Waals surface area contributed by atoms with Gasteiger partial charge in [-0.3, -0.25) is 0 Å². The Balaban J connectivity index is 1.86. The lowest BCUT2D eigenvalue weighted by molar-refractivity contribution is -0.389. The summed E-state index contributed by atoms with van der Waals surface area (Å²) in [4.78, 5) is 14.9. The molecule has 1 aliphatic rings. The van der Waals surface area contributed by atoms with Crippen LogP contribution in [0.3, 0.4) is 0 Å². The minimum atomic E-state index is -4.23. The highest BCUT2D eigenvalue weighted by Crippen LogP contribution is 2.39. The summed E-state index contributed by atoms with van der Waals surface area (Å²) in [6, 6.07) is 4.46. The molecular formula is C14H15F3N4O2. The van der Waals surface area contributed by atoms with Crippen molar-refractivity contribution in [1.82, 2.24) is 9.38 Å². The molecular weight excluding hydrogens is 313 g/mol. The summed E-state index contributed by atoms with van der Waals surface area (Å²) in [5.41, 5.74) is 0.380. The highest BCUT2D eigenvalue weighted by Gasteiger charge is 2.42. The van der Waals surface area contributed by atoms with E-state index < -0.39 is 23.1 Å². The fourth-order valence-corrected chi connectivity index (χ4v) is 3.07. The van der Waals surface area contributed by atoms with Crippen molar-refractivity contribution in [2.24, 2.45) is 5.92 Å². The van der Waals surface area contributed by atoms with Gasteiger partial charge in [-0.05, 0) is 30.3 Å². The van der Waals surface area contributed by atoms with Crippen molar-refractivity contribution in [2.45, 2.75) is 37.9 Å². The molecule has 124 valence electrons. The van der Waals surface area contributed by atoms with Gasteiger partial charge in [-0.2, -0.15) is 22.6 Å². The van der Waals surface area contributed by atoms with E-state index in [1.54, 1.807) is 18.2 Å². The van der Waals surface area contributed by atoms with Gasteiger partial charge in [-0.25, -0.2) is 0 Å². The zero-order chi connectivity index (χ0) is 16.6. The summed E-state index contributed by atoms with van der Waals surface area (Å²) in [7, 11) is 0. The quantitative estimate of drug-likeness (QED) is 0.687. The van der Waals surface area contributed by atoms with E-state index in [9.17, 15) is 23.3 Å². The van der Waals surface area contributed by atoms with Gasteiger partial charge in [0.05, 0.1) is 12.1 Å². The van der Waals surface area contributed by atoms with Crippen LogP contribution in [0.1, 0.15) is 25.7 Å². The number of alkyl halides is 3. The number of hydrogen-bond acceptors (Lipinski definition) is 4. The van der Waals surface area contributed by atoms with Crippen LogP contribution in [0.15, 0.2) is 24.4 Å². The van der Waals surface area contributed by atoms with Gasteiger partial charge in [-0.15, -0.1) is 0 Å². The van der Waals surface area contributed by atoms with E-state index in [-0.39, 0.29) is 24.5 Å². The van der Waals surface area contributed by atoms with Gasteiger partial charge in [0.2, 0.25) is 11.5 Å². The predicted molar refractivity (Wildman–Crippen MR) is 77.3 cm³/mol. The number of fused-ring (bicyclic) bond motifs is 1. The Hall–Kier alpha value is -2.32. The molecule has 2 atom stereocenters. The van der Waals surface area contributed by atoms with Gasteiger partial charge < -0.3 is 15.4 Å². The maximum absolute atomic E-state index is 12.9. The Morgan fingerprint density at radius 2 is 2.13 bits per heavy atom. The Morgan fingerprint density at radius 1 is 1.35 bits per heavy atom. The highest BCUT2D eigenvalue weighted by molar-refractivity contribution is 5.62. The molecule has 0 bridgehead atoms. The number of hydrogen-bond donors (Lipinski definition) is 1. The zero-order valence-corrected chi connectivity index (χ0v) is 12.1. The molecule has 1 fully saturated rings. The van der Waals surface area contributed by atoms with Crippen molar-refractivity contribution >= 4 is 17.3 Å². The molecule has 0 saturated heterocycles. The van der Waals surface area contributed by atoms with E-state index >= 15 is 0 Å². The Labute approximate surface area is 129 Å². The minimum Gasteiger partial charge on any atom is -0.360 e. The number of rotatable bonds is 3. The van der Waals surface area contributed by atoms with E-state index in [0.717, 1.165) is 0 Å². The number of nitrogens with zero attached hydrogens (tertiary/aromatic N) is 3. The number of halogens is 3. The summed E-state index contributed by atoms with van der Waals surface area (Å²) in [6.45, 7) is 0. The lowest BCUT2D eigenvalue weighted by Gasteiger charge is -2.30. The van der Waals surface area contributed by atoms with Gasteiger partial charge in [-0.1, -0.05) is 12.5 Å². The predicted octanol–water partition coefficient (Wildman–Crippen LogP) is 3.78. The minimum absolute atomic E-state index is 0.0222. The third-order valence-corrected chi connectivity index (χ3v) is 4.16. The zero-order valence-electron chi connectivity index (χ0n) is 12.1. The first kappa shape index (κ1) is 15.6. The second kappa shape index (κ2) is 5.71. The molecule has 23 heavy (non-hydrogen) atoms. The van der Waals surface area contributed by atoms with Crippen LogP contribution in [-0.2, 0) is 0 Å². The molecule has 0 aromatic carbocycles. The second-order valence-electron chi connectivity index (χ2n) is 5.72. The van der Waals surface area contributed by atoms with Gasteiger partial charge >= 0.3 is 12.0 Å². The summed E-state index contributed by atoms with van der Waals surface area (Å²) < 4.78 is 39.9. The molecule has 2 aromatic rings. The molecule has 2 aromatic heterocycles. The van der Waals surface area contributed by atoms with Crippen LogP contribution >= 0.6 is 0 Å². The fourth-order valence-electron chi connectivity index (χ4n) is 3.07. The Kier molecular flexibility index (Phi) is 3.87. The average molecular weight is 328 g/mol. The molecule has 3 rings (SSSR count). The molecule has 0 amide bonds. The molecule has 1 N–H and O–H groups in total. The Morgan fingerprint density at radius 3 is 2.83 bits per heavy atom. The van der Waals surface area contributed by atoms with Crippen LogP contribution in [0, 0.1) is 16.0 Å². The second-order valence-corrected chi connectivity index (χ2v) is 5.72. The van der Waals surface area contributed by atoms with Crippen molar-refractivity contribution in [1.29, 1.82) is 0 Å². The Bertz CT molecular complexity index is 728. The molecule has 2 heterocycles. The summed E-state index contributed by atoms with van der Waals surface area (Å²) >= 11 is 0. The van der Waals surface area contributed by atoms with Crippen LogP contribution in [0.2, 0.25) is 0 Å². The van der Waals surface area contributed by atoms with Crippen molar-refractivity contribution in [3.8, 4) is 0 Å². The molecule has 0 aliphatic heterocycles. The van der Waals surface area contributed by atoms with Crippen molar-refractivity contribution < 1.29 is 18.1 Å². The molecule has 1 saturated carbocycles. The van der Waals surface area contributed by atoms with Crippen molar-refractivity contribution in [3.63, 3.8) is 0 Å². The largest absolute Gasteiger partial charge is 0.391 e. The first-order valence-corrected chi connectivity index (χ1v) is 7.31. The maximum Gasteiger partial charge on any atom is 0.391 e. The normalized spacial score (nSPS) is 22.2. The van der Waals surface area contributed by atoms with Crippen LogP contribution < -0.4 is 5.32 Å². The van der Waals surface area contributed by atoms with Crippen LogP contribution in [0.4, 0.5) is 24.8 Å². The monoisotopic (exact) mass is 328 g/mol. The fraction of sp³-hybridized carbons (Fsp3) is 0.500. The van der Waals surface area contributed by atoms with Crippen LogP contribution in [0.5, 0.6) is 0 Å². The number of imidazole rings is 1. The lowest BCUT2D eigenvalue weighted by Crippen LogP contribution is -2.34. The maximum atomic E-state index is 12.9. The molecule has 6 nitrogen and oxygen atoms in total. The van der Waals surface area contributed by atoms with Crippen molar-refractivity contribution in [3.05, 3.63) is 34.5 Å². The van der Waals surface area contributed by atoms with E-state index in [4.69, 9.17) is 0 Å². The smallest absolute Gasteiger partial charge is 0.360 e. The van der Waals surface area contributed by atoms with E-state index in [2.05, 4.69) is 10.3 Å². The van der Waals surface area contributed by atoms with E-state index in [1.807, 2.05) is 0 Å². The van der Waals surface area contributed by atoms with Crippen molar-refractivity contribution in [2.75, 3.05) is 5.32 Å². The molecule has 0 spiro atoms. The van der Waals surface area contributed by atoms with Gasteiger partial charge in [0.25, 0.3) is 0 Å². The van der Waals surface area contributed by atoms with E-state index in [0.29, 0.717) is 18.5 Å². The number of anilines is 1. The van der Waals surface area contributed by atoms with E-state index in [1.165, 1.54) is 10.6 Å². The number of nitrogens with one attached hydrogen (secondary N) is 1. The first-order valence-electron chi connectivity index (χ1n) is 7.31. The van der Waals surface area contributed by atoms with Crippen LogP contribution in [-0.4, -0.2) is 26.5 Å². The summed E-state index contributed by atoms with van der Waals surface area (Å²) in [5, 5.41) is 14.1. The molecule has 0 unspecified atom stereocenters. The standard InChI is InChI=1S/C14H15F3N4O2/c15-14(16,17)9-4-3-5-10(8-9)18-12-13(21(22)23)20-7-2-1-6-11(20)19-12/h1-2,6-7,9-10,18H,3-5,8H2/t9-,10-/m0/s1. The number of aromatic nitrogens is 2. The van der Waals surface area contributed by atoms with Crippen LogP contribution in [0.25, 0.3) is 5.65 Å². The van der Waals surface area contributed by atoms with Gasteiger partial charge in [0, 0.05) is 12.1 Å². The summed E-state index contributed by atoms with van der Waals surface area (Å²) in [5.74, 6) is -1.60. The third kappa shape index (κ3) is 3.08.